The molecule has 1 aliphatic heterocycles. The summed E-state index contributed by atoms with van der Waals surface area (Å²) in [5.41, 5.74) is 0.566. The lowest BCUT2D eigenvalue weighted by Crippen LogP contribution is -2.24. The Labute approximate surface area is 121 Å². The molecule has 1 fully saturated rings. The van der Waals surface area contributed by atoms with Crippen LogP contribution in [0.1, 0.15) is 37.4 Å². The summed E-state index contributed by atoms with van der Waals surface area (Å²) in [5.74, 6) is 0.626. The van der Waals surface area contributed by atoms with Gasteiger partial charge in [-0.1, -0.05) is 18.1 Å². The van der Waals surface area contributed by atoms with E-state index in [1.807, 2.05) is 6.92 Å². The van der Waals surface area contributed by atoms with Crippen molar-refractivity contribution >= 4 is 11.6 Å². The first-order valence-corrected chi connectivity index (χ1v) is 7.05. The van der Waals surface area contributed by atoms with Gasteiger partial charge < -0.3 is 9.42 Å². The number of hydrogen-bond donors (Lipinski definition) is 0. The van der Waals surface area contributed by atoms with Gasteiger partial charge in [-0.05, 0) is 24.6 Å². The Kier molecular flexibility index (Phi) is 3.68. The zero-order valence-electron chi connectivity index (χ0n) is 11.8. The zero-order valence-corrected chi connectivity index (χ0v) is 11.8. The van der Waals surface area contributed by atoms with Crippen molar-refractivity contribution in [1.29, 1.82) is 0 Å². The minimum Gasteiger partial charge on any atom is -0.339 e. The Morgan fingerprint density at radius 1 is 1.48 bits per heavy atom. The minimum absolute atomic E-state index is 0.0548. The molecule has 6 heteroatoms. The lowest BCUT2D eigenvalue weighted by atomic mass is 10.1. The van der Waals surface area contributed by atoms with Gasteiger partial charge in [0.15, 0.2) is 5.82 Å². The van der Waals surface area contributed by atoms with Gasteiger partial charge in [-0.3, -0.25) is 4.79 Å². The van der Waals surface area contributed by atoms with Gasteiger partial charge in [0.25, 0.3) is 0 Å². The van der Waals surface area contributed by atoms with E-state index in [2.05, 4.69) is 10.1 Å². The van der Waals surface area contributed by atoms with Crippen molar-refractivity contribution in [2.24, 2.45) is 0 Å². The van der Waals surface area contributed by atoms with E-state index in [1.54, 1.807) is 17.0 Å². The average Bonchev–Trinajstić information content (AvgIpc) is 3.06. The maximum Gasteiger partial charge on any atom is 0.232 e. The molecule has 0 radical (unpaired) electrons. The van der Waals surface area contributed by atoms with Gasteiger partial charge in [0.2, 0.25) is 11.8 Å². The molecule has 0 aliphatic carbocycles. The third kappa shape index (κ3) is 2.79. The van der Waals surface area contributed by atoms with Crippen LogP contribution in [0, 0.1) is 5.82 Å². The van der Waals surface area contributed by atoms with Gasteiger partial charge in [0.05, 0.1) is 5.92 Å². The van der Waals surface area contributed by atoms with E-state index < -0.39 is 0 Å². The van der Waals surface area contributed by atoms with Crippen molar-refractivity contribution in [2.75, 3.05) is 11.4 Å². The molecular weight excluding hydrogens is 273 g/mol. The summed E-state index contributed by atoms with van der Waals surface area (Å²) in [7, 11) is 0. The molecular formula is C15H16FN3O2. The Balaban J connectivity index is 1.77. The molecule has 0 spiro atoms. The highest BCUT2D eigenvalue weighted by Gasteiger charge is 2.35. The first-order valence-electron chi connectivity index (χ1n) is 7.05. The molecule has 1 atom stereocenters. The summed E-state index contributed by atoms with van der Waals surface area (Å²) in [4.78, 5) is 18.0. The third-order valence-electron chi connectivity index (χ3n) is 3.55. The molecule has 2 heterocycles. The largest absolute Gasteiger partial charge is 0.339 e. The highest BCUT2D eigenvalue weighted by atomic mass is 19.1. The second-order valence-electron chi connectivity index (χ2n) is 5.18. The van der Waals surface area contributed by atoms with Crippen molar-refractivity contribution < 1.29 is 13.7 Å². The van der Waals surface area contributed by atoms with E-state index in [1.165, 1.54) is 12.1 Å². The molecule has 3 rings (SSSR count). The second-order valence-corrected chi connectivity index (χ2v) is 5.18. The Hall–Kier alpha value is -2.24. The van der Waals surface area contributed by atoms with Crippen LogP contribution in [0.5, 0.6) is 0 Å². The molecule has 0 N–H and O–H groups in total. The molecule has 5 nitrogen and oxygen atoms in total. The fraction of sp³-hybridized carbons (Fsp3) is 0.400. The molecule has 1 amide bonds. The maximum atomic E-state index is 13.3. The number of halogens is 1. The quantitative estimate of drug-likeness (QED) is 0.868. The molecule has 1 aromatic heterocycles. The van der Waals surface area contributed by atoms with Gasteiger partial charge in [-0.15, -0.1) is 0 Å². The summed E-state index contributed by atoms with van der Waals surface area (Å²) in [6.07, 6.45) is 2.01. The fourth-order valence-corrected chi connectivity index (χ4v) is 2.53. The predicted octanol–water partition coefficient (Wildman–Crippen LogP) is 2.68. The van der Waals surface area contributed by atoms with Crippen molar-refractivity contribution in [3.63, 3.8) is 0 Å². The number of amides is 1. The first-order chi connectivity index (χ1) is 10.2. The van der Waals surface area contributed by atoms with E-state index >= 15 is 0 Å². The van der Waals surface area contributed by atoms with Crippen LogP contribution < -0.4 is 4.90 Å². The number of aromatic nitrogens is 2. The van der Waals surface area contributed by atoms with Crippen molar-refractivity contribution in [3.05, 3.63) is 41.8 Å². The van der Waals surface area contributed by atoms with Gasteiger partial charge >= 0.3 is 0 Å². The molecule has 1 aliphatic rings. The van der Waals surface area contributed by atoms with Gasteiger partial charge in [0.1, 0.15) is 5.82 Å². The third-order valence-corrected chi connectivity index (χ3v) is 3.55. The zero-order chi connectivity index (χ0) is 14.8. The lowest BCUT2D eigenvalue weighted by molar-refractivity contribution is -0.117. The molecule has 0 saturated carbocycles. The standard InChI is InChI=1S/C15H16FN3O2/c1-2-4-13-17-15(21-18-13)10-7-14(20)19(9-10)12-6-3-5-11(16)8-12/h3,5-6,8,10H,2,4,7,9H2,1H3. The number of benzene rings is 1. The number of anilines is 1. The number of carbonyl (C=O) groups is 1. The number of rotatable bonds is 4. The van der Waals surface area contributed by atoms with E-state index in [4.69, 9.17) is 4.52 Å². The smallest absolute Gasteiger partial charge is 0.232 e. The summed E-state index contributed by atoms with van der Waals surface area (Å²) < 4.78 is 18.5. The first kappa shape index (κ1) is 13.7. The number of carbonyl (C=O) groups excluding carboxylic acids is 1. The second kappa shape index (κ2) is 5.63. The van der Waals surface area contributed by atoms with Crippen LogP contribution >= 0.6 is 0 Å². The van der Waals surface area contributed by atoms with Gasteiger partial charge in [0, 0.05) is 25.1 Å². The van der Waals surface area contributed by atoms with Crippen LogP contribution in [-0.4, -0.2) is 22.6 Å². The Bertz CT molecular complexity index is 656. The summed E-state index contributed by atoms with van der Waals surface area (Å²) >= 11 is 0. The van der Waals surface area contributed by atoms with Crippen LogP contribution in [0.4, 0.5) is 10.1 Å². The fourth-order valence-electron chi connectivity index (χ4n) is 2.53. The van der Waals surface area contributed by atoms with E-state index in [0.29, 0.717) is 30.4 Å². The monoisotopic (exact) mass is 289 g/mol. The highest BCUT2D eigenvalue weighted by molar-refractivity contribution is 5.96. The molecule has 1 saturated heterocycles. The highest BCUT2D eigenvalue weighted by Crippen LogP contribution is 2.31. The summed E-state index contributed by atoms with van der Waals surface area (Å²) in [6.45, 7) is 2.48. The molecule has 1 aromatic carbocycles. The van der Waals surface area contributed by atoms with Crippen molar-refractivity contribution in [1.82, 2.24) is 10.1 Å². The minimum atomic E-state index is -0.355. The van der Waals surface area contributed by atoms with Crippen LogP contribution in [0.25, 0.3) is 0 Å². The van der Waals surface area contributed by atoms with Crippen LogP contribution in [0.15, 0.2) is 28.8 Å². The molecule has 21 heavy (non-hydrogen) atoms. The average molecular weight is 289 g/mol. The summed E-state index contributed by atoms with van der Waals surface area (Å²) in [6, 6.07) is 6.03. The topological polar surface area (TPSA) is 59.2 Å². The van der Waals surface area contributed by atoms with Crippen LogP contribution in [-0.2, 0) is 11.2 Å². The number of aryl methyl sites for hydroxylation is 1. The molecule has 0 bridgehead atoms. The maximum absolute atomic E-state index is 13.3. The van der Waals surface area contributed by atoms with Crippen molar-refractivity contribution in [3.8, 4) is 0 Å². The lowest BCUT2D eigenvalue weighted by Gasteiger charge is -2.15. The summed E-state index contributed by atoms with van der Waals surface area (Å²) in [5, 5.41) is 3.91. The number of nitrogens with zero attached hydrogens (tertiary/aromatic N) is 3. The Morgan fingerprint density at radius 3 is 3.10 bits per heavy atom. The molecule has 110 valence electrons. The normalized spacial score (nSPS) is 18.5. The SMILES string of the molecule is CCCc1noc(C2CC(=O)N(c3cccc(F)c3)C2)n1. The molecule has 2 aromatic rings. The van der Waals surface area contributed by atoms with Crippen LogP contribution in [0.3, 0.4) is 0 Å². The van der Waals surface area contributed by atoms with Crippen LogP contribution in [0.2, 0.25) is 0 Å². The van der Waals surface area contributed by atoms with E-state index in [-0.39, 0.29) is 17.6 Å². The molecule has 1 unspecified atom stereocenters. The van der Waals surface area contributed by atoms with E-state index in [9.17, 15) is 9.18 Å². The van der Waals surface area contributed by atoms with Gasteiger partial charge in [-0.2, -0.15) is 4.98 Å². The van der Waals surface area contributed by atoms with Gasteiger partial charge in [-0.25, -0.2) is 4.39 Å². The Morgan fingerprint density at radius 2 is 2.33 bits per heavy atom. The number of hydrogen-bond acceptors (Lipinski definition) is 4. The predicted molar refractivity (Wildman–Crippen MR) is 74.4 cm³/mol. The van der Waals surface area contributed by atoms with Crippen molar-refractivity contribution in [2.45, 2.75) is 32.1 Å². The van der Waals surface area contributed by atoms with E-state index in [0.717, 1.165) is 12.8 Å².